The number of carbonyl (C=O) groups is 3. The van der Waals surface area contributed by atoms with Crippen LogP contribution in [0, 0.1) is 47.3 Å². The van der Waals surface area contributed by atoms with Gasteiger partial charge in [0.15, 0.2) is 0 Å². The molecule has 16 rings (SSSR count). The average Bonchev–Trinajstić information content (AvgIpc) is 1.65. The van der Waals surface area contributed by atoms with Gasteiger partial charge in [0.25, 0.3) is 10.1 Å². The summed E-state index contributed by atoms with van der Waals surface area (Å²) in [6.07, 6.45) is 12.3. The van der Waals surface area contributed by atoms with Crippen LogP contribution in [0.15, 0.2) is 92.0 Å². The van der Waals surface area contributed by atoms with Crippen molar-refractivity contribution in [2.24, 2.45) is 68.5 Å². The van der Waals surface area contributed by atoms with E-state index in [1.54, 1.807) is 48.8 Å². The Hall–Kier alpha value is -7.98. The number of imidazole rings is 2. The molecule has 5 aromatic heterocycles. The second-order valence-corrected chi connectivity index (χ2v) is 32.7. The first-order chi connectivity index (χ1) is 52.3. The zero-order chi connectivity index (χ0) is 78.4. The van der Waals surface area contributed by atoms with Gasteiger partial charge in [0.05, 0.1) is 94.8 Å². The van der Waals surface area contributed by atoms with Crippen LogP contribution in [0.2, 0.25) is 0 Å². The number of methoxy groups -OCH3 is 1. The Balaban J connectivity index is 0.000000146. The molecule has 23 nitrogen and oxygen atoms in total. The fourth-order valence-corrected chi connectivity index (χ4v) is 16.9. The number of esters is 1. The minimum absolute atomic E-state index is 0. The molecule has 111 heavy (non-hydrogen) atoms. The number of hydrogen-bond donors (Lipinski definition) is 3. The SMILES string of the molecule is C.COC(=O)C1C[C@H]1COS(C)(=O)=O.Cn1nc(C2CCN(C[C@@H]3C[C@H]3C(=O)N3CCC[C@@H](Cn4ccnc4)C3)CC2)c2ccc(C(F)(F)F)cc21.Cn1nc(C2CCN(C[C@@H]3C[C@H]3C(=O)O)CC2)c2ccc(C(F)(F)F)cc21.Cn1nc(C2CCNCC2)c2ccc(C(F)(F)F)cc21.c1cn(C[C@@H]2CCCNC2)cn1. The van der Waals surface area contributed by atoms with Crippen LogP contribution in [0.1, 0.15) is 142 Å². The molecule has 608 valence electrons. The first-order valence-electron chi connectivity index (χ1n) is 38.2. The van der Waals surface area contributed by atoms with Crippen molar-refractivity contribution in [2.75, 3.05) is 98.5 Å². The molecular formula is C78H104F9N15O8S. The van der Waals surface area contributed by atoms with Crippen molar-refractivity contribution in [1.29, 1.82) is 0 Å². The number of fused-ring (bicyclic) bond motifs is 3. The van der Waals surface area contributed by atoms with E-state index in [9.17, 15) is 62.3 Å². The number of likely N-dealkylation sites (tertiary alicyclic amines) is 3. The molecule has 8 aromatic rings. The highest BCUT2D eigenvalue weighted by molar-refractivity contribution is 7.86. The lowest BCUT2D eigenvalue weighted by Crippen LogP contribution is -2.42. The lowest BCUT2D eigenvalue weighted by atomic mass is 9.91. The number of nitrogens with zero attached hydrogens (tertiary/aromatic N) is 13. The zero-order valence-electron chi connectivity index (χ0n) is 62.7. The van der Waals surface area contributed by atoms with E-state index < -0.39 is 51.3 Å². The van der Waals surface area contributed by atoms with Gasteiger partial charge >= 0.3 is 30.5 Å². The van der Waals surface area contributed by atoms with E-state index in [2.05, 4.69) is 68.7 Å². The molecule has 0 spiro atoms. The van der Waals surface area contributed by atoms with Crippen molar-refractivity contribution in [3.05, 3.63) is 126 Å². The molecule has 8 aliphatic rings. The summed E-state index contributed by atoms with van der Waals surface area (Å²) in [6.45, 7) is 13.4. The van der Waals surface area contributed by atoms with Gasteiger partial charge in [0.2, 0.25) is 5.91 Å². The number of piperidine rings is 5. The van der Waals surface area contributed by atoms with E-state index in [-0.39, 0.29) is 61.4 Å². The quantitative estimate of drug-likeness (QED) is 0.0435. The van der Waals surface area contributed by atoms with Gasteiger partial charge in [-0.15, -0.1) is 0 Å². The second kappa shape index (κ2) is 36.0. The van der Waals surface area contributed by atoms with Crippen LogP contribution in [0.5, 0.6) is 0 Å². The highest BCUT2D eigenvalue weighted by atomic mass is 32.2. The maximum absolute atomic E-state index is 13.2. The Bertz CT molecular complexity index is 4520. The number of rotatable bonds is 17. The minimum Gasteiger partial charge on any atom is -0.481 e. The Morgan fingerprint density at radius 3 is 1.38 bits per heavy atom. The first kappa shape index (κ1) is 83.9. The summed E-state index contributed by atoms with van der Waals surface area (Å²) in [5.74, 6) is 1.90. The molecule has 3 saturated carbocycles. The van der Waals surface area contributed by atoms with E-state index >= 15 is 0 Å². The molecule has 0 bridgehead atoms. The summed E-state index contributed by atoms with van der Waals surface area (Å²) in [7, 11) is 3.03. The molecule has 5 saturated heterocycles. The Morgan fingerprint density at radius 2 is 0.973 bits per heavy atom. The van der Waals surface area contributed by atoms with Crippen LogP contribution in [0.25, 0.3) is 32.7 Å². The molecule has 5 aliphatic heterocycles. The molecule has 8 atom stereocenters. The third kappa shape index (κ3) is 22.1. The van der Waals surface area contributed by atoms with E-state index in [4.69, 9.17) is 5.11 Å². The normalized spacial score (nSPS) is 23.6. The summed E-state index contributed by atoms with van der Waals surface area (Å²) >= 11 is 0. The summed E-state index contributed by atoms with van der Waals surface area (Å²) in [4.78, 5) is 50.1. The van der Waals surface area contributed by atoms with Crippen molar-refractivity contribution < 1.29 is 76.3 Å². The highest BCUT2D eigenvalue weighted by Crippen LogP contribution is 2.45. The van der Waals surface area contributed by atoms with E-state index in [0.29, 0.717) is 46.6 Å². The van der Waals surface area contributed by atoms with Gasteiger partial charge in [-0.25, -0.2) is 9.97 Å². The topological polar surface area (TPSA) is 247 Å². The number of carbonyl (C=O) groups excluding carboxylic acids is 2. The fraction of sp³-hybridized carbons (Fsp3) is 0.615. The lowest BCUT2D eigenvalue weighted by molar-refractivity contribution is -0.143. The monoisotopic (exact) mass is 1580 g/mol. The number of carboxylic acid groups (broad SMARTS) is 1. The van der Waals surface area contributed by atoms with Crippen LogP contribution < -0.4 is 10.6 Å². The van der Waals surface area contributed by atoms with E-state index in [1.165, 1.54) is 55.4 Å². The van der Waals surface area contributed by atoms with Crippen molar-refractivity contribution in [3.8, 4) is 0 Å². The molecule has 0 radical (unpaired) electrons. The molecule has 1 unspecified atom stereocenters. The summed E-state index contributed by atoms with van der Waals surface area (Å²) in [5.41, 5.74) is 2.38. The Labute approximate surface area is 641 Å². The van der Waals surface area contributed by atoms with Gasteiger partial charge in [-0.1, -0.05) is 25.6 Å². The van der Waals surface area contributed by atoms with Crippen LogP contribution in [-0.4, -0.2) is 193 Å². The van der Waals surface area contributed by atoms with Gasteiger partial charge in [-0.2, -0.15) is 63.2 Å². The van der Waals surface area contributed by atoms with Crippen LogP contribution in [-0.2, 0) is 86.2 Å². The Morgan fingerprint density at radius 1 is 0.541 bits per heavy atom. The molecule has 3 aromatic carbocycles. The van der Waals surface area contributed by atoms with Crippen LogP contribution >= 0.6 is 0 Å². The first-order valence-corrected chi connectivity index (χ1v) is 40.0. The molecule has 3 N–H and O–H groups in total. The van der Waals surface area contributed by atoms with Gasteiger partial charge in [0, 0.05) is 125 Å². The summed E-state index contributed by atoms with van der Waals surface area (Å²) in [6, 6.07) is 11.7. The number of aromatic nitrogens is 10. The summed E-state index contributed by atoms with van der Waals surface area (Å²) < 4.78 is 156. The number of alkyl halides is 9. The second-order valence-electron chi connectivity index (χ2n) is 31.1. The third-order valence-electron chi connectivity index (χ3n) is 23.0. The molecule has 10 heterocycles. The van der Waals surface area contributed by atoms with Gasteiger partial charge in [-0.05, 0) is 202 Å². The molecule has 1 amide bonds. The number of amides is 1. The minimum atomic E-state index is -4.36. The smallest absolute Gasteiger partial charge is 0.416 e. The van der Waals surface area contributed by atoms with Gasteiger partial charge in [-0.3, -0.25) is 32.6 Å². The third-order valence-corrected chi connectivity index (χ3v) is 23.5. The van der Waals surface area contributed by atoms with Crippen molar-refractivity contribution in [1.82, 2.24) is 73.8 Å². The lowest BCUT2D eigenvalue weighted by Gasteiger charge is -2.34. The number of aryl methyl sites for hydroxylation is 3. The number of ether oxygens (including phenoxy) is 1. The van der Waals surface area contributed by atoms with Crippen molar-refractivity contribution in [3.63, 3.8) is 0 Å². The van der Waals surface area contributed by atoms with E-state index in [0.717, 1.165) is 213 Å². The standard InChI is InChI=1S/C28H35F3N6O.C19H22F3N3O2.C14H16F3N3.C9H15N3.C7H12O5S.CH4/c1-34-25-14-22(28(29,30)31)4-5-23(25)26(33-34)20-6-10-35(11-7-20)17-21-13-24(21)27(38)37-9-2-3-19(16-37)15-36-12-8-32-18-36;1-24-16-9-13(19(20,21)22)2-3-14(16)17(23-24)11-4-6-25(7-5-11)10-12-8-15(12)18(26)27;1-20-12-8-10(14(15,16)17)2-3-11(12)13(19-20)9-4-6-18-7-5-9;1-2-9(6-10-3-1)7-12-5-4-11-8-12;1-11-7(8)6-3-5(6)4-12-13(2,9)10;/h4-5,8,12,14,18-21,24H,2-3,6-7,9-11,13,15-17H2,1H3;2-3,9,11-12,15H,4-8,10H2,1H3,(H,26,27);2-3,8-9,18H,4-7H2,1H3;4-5,8-10H,1-3,6-7H2;5-6H,3-4H2,1-2H3;1H4/t19-,21-,24+;12-,15+;;9-;5-,6?;/m00.10./s1. The predicted molar refractivity (Wildman–Crippen MR) is 400 cm³/mol. The van der Waals surface area contributed by atoms with Gasteiger partial charge in [0.1, 0.15) is 0 Å². The molecule has 8 fully saturated rings. The number of aliphatic carboxylic acids is 1. The van der Waals surface area contributed by atoms with Crippen molar-refractivity contribution >= 4 is 60.7 Å². The van der Waals surface area contributed by atoms with Crippen molar-refractivity contribution in [2.45, 2.75) is 140 Å². The number of halogens is 9. The van der Waals surface area contributed by atoms with Gasteiger partial charge < -0.3 is 44.3 Å². The number of hydrogen-bond acceptors (Lipinski definition) is 16. The maximum Gasteiger partial charge on any atom is 0.416 e. The number of nitrogens with one attached hydrogen (secondary N) is 2. The zero-order valence-corrected chi connectivity index (χ0v) is 63.6. The molecule has 3 aliphatic carbocycles. The molecular weight excluding hydrogens is 1480 g/mol. The molecule has 33 heteroatoms. The number of benzene rings is 3. The maximum atomic E-state index is 13.2. The van der Waals surface area contributed by atoms with E-state index in [1.807, 2.05) is 31.2 Å². The largest absolute Gasteiger partial charge is 0.481 e. The average molecular weight is 1580 g/mol. The summed E-state index contributed by atoms with van der Waals surface area (Å²) in [5, 5.41) is 31.8. The number of carboxylic acids is 1. The van der Waals surface area contributed by atoms with Crippen LogP contribution in [0.4, 0.5) is 39.5 Å². The highest BCUT2D eigenvalue weighted by Gasteiger charge is 2.48. The Kier molecular flexibility index (Phi) is 27.2. The predicted octanol–water partition coefficient (Wildman–Crippen LogP) is 12.4. The fourth-order valence-electron chi connectivity index (χ4n) is 16.5. The van der Waals surface area contributed by atoms with Crippen LogP contribution in [0.3, 0.4) is 0 Å².